The number of guanidine groups is 1. The van der Waals surface area contributed by atoms with Gasteiger partial charge < -0.3 is 27.0 Å². The highest BCUT2D eigenvalue weighted by molar-refractivity contribution is 5.84. The molecule has 0 saturated heterocycles. The fraction of sp³-hybridized carbons (Fsp3) is 0.889. The fourth-order valence-corrected chi connectivity index (χ4v) is 11.7. The third kappa shape index (κ3) is 5.07. The number of allylic oxidation sites excluding steroid dienone is 2. The number of nitrogens with two attached hydrogens (primary N) is 2. The van der Waals surface area contributed by atoms with Crippen molar-refractivity contribution in [3.05, 3.63) is 11.6 Å². The second-order valence-corrected chi connectivity index (χ2v) is 17.5. The van der Waals surface area contributed by atoms with Gasteiger partial charge >= 0.3 is 0 Å². The Morgan fingerprint density at radius 3 is 2.37 bits per heavy atom. The van der Waals surface area contributed by atoms with E-state index in [0.29, 0.717) is 31.2 Å². The molecule has 9 atom stereocenters. The molecule has 7 N–H and O–H groups in total. The number of carbonyl (C=O) groups is 1. The van der Waals surface area contributed by atoms with Crippen LogP contribution in [0.2, 0.25) is 0 Å². The zero-order valence-corrected chi connectivity index (χ0v) is 28.3. The van der Waals surface area contributed by atoms with Crippen LogP contribution in [0, 0.1) is 50.2 Å². The minimum absolute atomic E-state index is 0.0566. The number of nitrogens with zero attached hydrogens (tertiary/aromatic N) is 1. The number of carbonyl (C=O) groups excluding carboxylic acids is 1. The van der Waals surface area contributed by atoms with Gasteiger partial charge in [-0.05, 0) is 122 Å². The molecule has 43 heavy (non-hydrogen) atoms. The van der Waals surface area contributed by atoms with Gasteiger partial charge in [-0.3, -0.25) is 9.79 Å². The molecule has 5 aliphatic carbocycles. The van der Waals surface area contributed by atoms with Crippen LogP contribution in [0.15, 0.2) is 16.6 Å². The summed E-state index contributed by atoms with van der Waals surface area (Å²) in [7, 11) is 0. The third-order valence-electron chi connectivity index (χ3n) is 14.6. The van der Waals surface area contributed by atoms with Gasteiger partial charge in [0.2, 0.25) is 5.91 Å². The predicted octanol–water partition coefficient (Wildman–Crippen LogP) is 5.68. The second-order valence-electron chi connectivity index (χ2n) is 17.5. The first-order chi connectivity index (χ1) is 20.0. The van der Waals surface area contributed by atoms with Gasteiger partial charge in [-0.1, -0.05) is 60.1 Å². The van der Waals surface area contributed by atoms with Crippen molar-refractivity contribution in [3.63, 3.8) is 0 Å². The smallest absolute Gasteiger partial charge is 0.227 e. The van der Waals surface area contributed by atoms with Gasteiger partial charge in [0.25, 0.3) is 0 Å². The zero-order chi connectivity index (χ0) is 31.6. The van der Waals surface area contributed by atoms with Crippen LogP contribution in [0.5, 0.6) is 0 Å². The number of hydrogen-bond donors (Lipinski definition) is 5. The number of aliphatic imine (C=N–C) groups is 1. The third-order valence-corrected chi connectivity index (χ3v) is 14.6. The van der Waals surface area contributed by atoms with Crippen molar-refractivity contribution in [2.75, 3.05) is 13.2 Å². The Morgan fingerprint density at radius 2 is 1.70 bits per heavy atom. The van der Waals surface area contributed by atoms with Crippen molar-refractivity contribution in [2.24, 2.45) is 66.7 Å². The molecule has 0 unspecified atom stereocenters. The van der Waals surface area contributed by atoms with Crippen LogP contribution >= 0.6 is 0 Å². The highest BCUT2D eigenvalue weighted by Crippen LogP contribution is 2.75. The minimum Gasteiger partial charge on any atom is -0.394 e. The van der Waals surface area contributed by atoms with Crippen molar-refractivity contribution in [1.82, 2.24) is 5.32 Å². The molecule has 0 spiro atoms. The van der Waals surface area contributed by atoms with Crippen LogP contribution in [0.3, 0.4) is 0 Å². The van der Waals surface area contributed by atoms with Gasteiger partial charge in [0, 0.05) is 6.54 Å². The summed E-state index contributed by atoms with van der Waals surface area (Å²) in [5, 5.41) is 24.5. The number of aliphatic hydroxyl groups excluding tert-OH is 2. The molecule has 0 aliphatic heterocycles. The first-order valence-corrected chi connectivity index (χ1v) is 17.3. The number of aliphatic hydroxyl groups is 2. The molecular weight excluding hydrogens is 536 g/mol. The summed E-state index contributed by atoms with van der Waals surface area (Å²) in [6, 6.07) is -0.289. The topological polar surface area (TPSA) is 134 Å². The average Bonchev–Trinajstić information content (AvgIpc) is 2.92. The summed E-state index contributed by atoms with van der Waals surface area (Å²) < 4.78 is 0. The monoisotopic (exact) mass is 598 g/mol. The van der Waals surface area contributed by atoms with Gasteiger partial charge in [0.05, 0.1) is 24.2 Å². The summed E-state index contributed by atoms with van der Waals surface area (Å²) in [5.74, 6) is 1.56. The lowest BCUT2D eigenvalue weighted by Gasteiger charge is -2.71. The number of fused-ring (bicyclic) bond motifs is 7. The van der Waals surface area contributed by atoms with Gasteiger partial charge in [-0.25, -0.2) is 0 Å². The van der Waals surface area contributed by atoms with Crippen molar-refractivity contribution >= 4 is 11.9 Å². The molecule has 0 aromatic heterocycles. The van der Waals surface area contributed by atoms with Crippen LogP contribution in [-0.4, -0.2) is 47.4 Å². The second kappa shape index (κ2) is 11.0. The molecular formula is C36H62N4O3. The number of rotatable bonds is 7. The van der Waals surface area contributed by atoms with Crippen molar-refractivity contribution in [2.45, 2.75) is 138 Å². The van der Waals surface area contributed by atoms with Gasteiger partial charge in [-0.15, -0.1) is 0 Å². The molecule has 244 valence electrons. The summed E-state index contributed by atoms with van der Waals surface area (Å²) in [5.41, 5.74) is 12.7. The van der Waals surface area contributed by atoms with Crippen LogP contribution in [0.25, 0.3) is 0 Å². The molecule has 7 heteroatoms. The molecule has 5 rings (SSSR count). The first kappa shape index (κ1) is 32.8. The van der Waals surface area contributed by atoms with E-state index in [1.165, 1.54) is 12.8 Å². The van der Waals surface area contributed by atoms with Crippen molar-refractivity contribution in [1.29, 1.82) is 0 Å². The Kier molecular flexibility index (Phi) is 8.41. The van der Waals surface area contributed by atoms with Crippen LogP contribution in [-0.2, 0) is 4.79 Å². The van der Waals surface area contributed by atoms with E-state index in [9.17, 15) is 15.0 Å². The van der Waals surface area contributed by atoms with E-state index in [1.54, 1.807) is 5.57 Å². The van der Waals surface area contributed by atoms with E-state index in [0.717, 1.165) is 51.4 Å². The Labute approximate surface area is 261 Å². The standard InChI is InChI=1S/C36H62N4O3/c1-31(2)16-18-36(29(43)40-23(22-41)9-8-20-39-30(37)38)19-17-34(6)24(25(36)21-31)10-11-27-33(5)14-13-28(42)32(3,4)26(33)12-15-35(27,34)7/h10,23,25-28,41-42H,8-9,11-22H2,1-7H3,(H,40,43)(H4,37,38,39)/t23-,25-,26-,27+,28-,33-,34+,35+,36-/m0/s1. The highest BCUT2D eigenvalue weighted by atomic mass is 16.3. The summed E-state index contributed by atoms with van der Waals surface area (Å²) in [6.07, 6.45) is 14.2. The lowest BCUT2D eigenvalue weighted by atomic mass is 9.33. The molecule has 0 bridgehead atoms. The first-order valence-electron chi connectivity index (χ1n) is 17.3. The Morgan fingerprint density at radius 1 is 1.00 bits per heavy atom. The molecule has 7 nitrogen and oxygen atoms in total. The van der Waals surface area contributed by atoms with Crippen LogP contribution in [0.1, 0.15) is 126 Å². The molecule has 5 aliphatic rings. The number of nitrogens with one attached hydrogen (secondary N) is 1. The zero-order valence-electron chi connectivity index (χ0n) is 28.3. The Balaban J connectivity index is 1.46. The van der Waals surface area contributed by atoms with Gasteiger partial charge in [0.15, 0.2) is 5.96 Å². The van der Waals surface area contributed by atoms with E-state index < -0.39 is 5.41 Å². The van der Waals surface area contributed by atoms with E-state index in [2.05, 4.69) is 64.9 Å². The minimum atomic E-state index is -0.421. The Hall–Kier alpha value is -1.60. The number of hydrogen-bond acceptors (Lipinski definition) is 4. The van der Waals surface area contributed by atoms with Gasteiger partial charge in [0.1, 0.15) is 0 Å². The largest absolute Gasteiger partial charge is 0.394 e. The SMILES string of the molecule is CC1(C)CC[C@]2(C(=O)N[C@H](CO)CCCN=C(N)N)CC[C@]3(C)C(=CC[C@@H]4[C@@]5(C)CC[C@H](O)C(C)(C)[C@@H]5CC[C@]43C)[C@@H]2C1. The molecule has 0 aromatic rings. The maximum atomic E-state index is 14.4. The van der Waals surface area contributed by atoms with Crippen molar-refractivity contribution in [3.8, 4) is 0 Å². The van der Waals surface area contributed by atoms with Crippen LogP contribution in [0.4, 0.5) is 0 Å². The molecule has 4 saturated carbocycles. The van der Waals surface area contributed by atoms with E-state index in [1.807, 2.05) is 0 Å². The lowest BCUT2D eigenvalue weighted by molar-refractivity contribution is -0.203. The molecule has 1 amide bonds. The molecule has 0 radical (unpaired) electrons. The molecule has 0 heterocycles. The van der Waals surface area contributed by atoms with E-state index in [4.69, 9.17) is 11.5 Å². The Bertz CT molecular complexity index is 1140. The highest BCUT2D eigenvalue weighted by Gasteiger charge is 2.69. The summed E-state index contributed by atoms with van der Waals surface area (Å²) in [4.78, 5) is 18.5. The normalized spacial score (nSPS) is 43.5. The lowest BCUT2D eigenvalue weighted by Crippen LogP contribution is -2.65. The average molecular weight is 599 g/mol. The predicted molar refractivity (Wildman–Crippen MR) is 174 cm³/mol. The molecule has 0 aromatic carbocycles. The maximum Gasteiger partial charge on any atom is 0.227 e. The maximum absolute atomic E-state index is 14.4. The fourth-order valence-electron chi connectivity index (χ4n) is 11.7. The van der Waals surface area contributed by atoms with E-state index in [-0.39, 0.29) is 63.6 Å². The molecule has 4 fully saturated rings. The van der Waals surface area contributed by atoms with Gasteiger partial charge in [-0.2, -0.15) is 0 Å². The van der Waals surface area contributed by atoms with E-state index >= 15 is 0 Å². The summed E-state index contributed by atoms with van der Waals surface area (Å²) >= 11 is 0. The summed E-state index contributed by atoms with van der Waals surface area (Å²) in [6.45, 7) is 17.5. The quantitative estimate of drug-likeness (QED) is 0.111. The van der Waals surface area contributed by atoms with Crippen molar-refractivity contribution < 1.29 is 15.0 Å². The van der Waals surface area contributed by atoms with Crippen LogP contribution < -0.4 is 16.8 Å². The number of amides is 1.